The van der Waals surface area contributed by atoms with Gasteiger partial charge >= 0.3 is 5.97 Å². The minimum atomic E-state index is -3.52. The highest BCUT2D eigenvalue weighted by molar-refractivity contribution is 7.89. The van der Waals surface area contributed by atoms with Gasteiger partial charge in [-0.3, -0.25) is 0 Å². The second-order valence-corrected chi connectivity index (χ2v) is 7.70. The fourth-order valence-corrected chi connectivity index (χ4v) is 2.99. The molecule has 0 aliphatic carbocycles. The predicted molar refractivity (Wildman–Crippen MR) is 88.5 cm³/mol. The van der Waals surface area contributed by atoms with E-state index in [0.717, 1.165) is 9.87 Å². The molecule has 0 heterocycles. The normalized spacial score (nSPS) is 11.5. The number of benzene rings is 2. The zero-order valence-electron chi connectivity index (χ0n) is 12.9. The van der Waals surface area contributed by atoms with Crippen LogP contribution >= 0.6 is 11.6 Å². The van der Waals surface area contributed by atoms with Crippen molar-refractivity contribution in [3.63, 3.8) is 0 Å². The Bertz CT molecular complexity index is 830. The Kier molecular flexibility index (Phi) is 5.09. The van der Waals surface area contributed by atoms with E-state index >= 15 is 0 Å². The van der Waals surface area contributed by atoms with E-state index in [1.807, 2.05) is 0 Å². The summed E-state index contributed by atoms with van der Waals surface area (Å²) in [7, 11) is -0.633. The van der Waals surface area contributed by atoms with Crippen molar-refractivity contribution in [1.29, 1.82) is 0 Å². The van der Waals surface area contributed by atoms with Gasteiger partial charge in [-0.15, -0.1) is 0 Å². The molecule has 2 aromatic carbocycles. The van der Waals surface area contributed by atoms with Crippen LogP contribution in [0.1, 0.15) is 15.9 Å². The van der Waals surface area contributed by atoms with Crippen molar-refractivity contribution in [3.05, 3.63) is 58.6 Å². The van der Waals surface area contributed by atoms with E-state index in [9.17, 15) is 13.2 Å². The molecule has 2 rings (SSSR count). The number of ether oxygens (including phenoxy) is 1. The van der Waals surface area contributed by atoms with Crippen LogP contribution in [0.2, 0.25) is 5.02 Å². The molecule has 0 bridgehead atoms. The number of carbonyl (C=O) groups excluding carboxylic acids is 1. The number of nitrogens with zero attached hydrogens (tertiary/aromatic N) is 1. The predicted octanol–water partition coefficient (Wildman–Crippen LogP) is 3.12. The Hall–Kier alpha value is -1.89. The standard InChI is InChI=1S/C16H16ClNO4S/c1-11-10-13(17)6-9-15(11)22-16(19)12-4-7-14(8-5-12)23(20,21)18(2)3/h4-10H,1-3H3. The summed E-state index contributed by atoms with van der Waals surface area (Å²) in [4.78, 5) is 12.2. The highest BCUT2D eigenvalue weighted by Crippen LogP contribution is 2.23. The number of rotatable bonds is 4. The minimum Gasteiger partial charge on any atom is -0.423 e. The summed E-state index contributed by atoms with van der Waals surface area (Å²) in [5, 5.41) is 0.556. The van der Waals surface area contributed by atoms with Gasteiger partial charge in [-0.1, -0.05) is 11.6 Å². The summed E-state index contributed by atoms with van der Waals surface area (Å²) >= 11 is 5.85. The smallest absolute Gasteiger partial charge is 0.343 e. The van der Waals surface area contributed by atoms with Gasteiger partial charge in [-0.25, -0.2) is 17.5 Å². The first-order valence-electron chi connectivity index (χ1n) is 6.73. The van der Waals surface area contributed by atoms with Gasteiger partial charge < -0.3 is 4.74 Å². The van der Waals surface area contributed by atoms with Gasteiger partial charge in [0.2, 0.25) is 10.0 Å². The Labute approximate surface area is 140 Å². The van der Waals surface area contributed by atoms with Crippen molar-refractivity contribution in [2.24, 2.45) is 0 Å². The van der Waals surface area contributed by atoms with Crippen LogP contribution in [0.15, 0.2) is 47.4 Å². The summed E-state index contributed by atoms with van der Waals surface area (Å²) in [6.45, 7) is 1.78. The lowest BCUT2D eigenvalue weighted by Gasteiger charge is -2.12. The van der Waals surface area contributed by atoms with Crippen LogP contribution in [0.3, 0.4) is 0 Å². The zero-order valence-corrected chi connectivity index (χ0v) is 14.5. The monoisotopic (exact) mass is 353 g/mol. The average Bonchev–Trinajstić information content (AvgIpc) is 2.50. The molecule has 0 aliphatic rings. The largest absolute Gasteiger partial charge is 0.423 e. The molecular weight excluding hydrogens is 338 g/mol. The van der Waals surface area contributed by atoms with Crippen LogP contribution in [0.5, 0.6) is 5.75 Å². The third-order valence-electron chi connectivity index (χ3n) is 3.21. The van der Waals surface area contributed by atoms with Gasteiger partial charge in [-0.2, -0.15) is 0 Å². The fourth-order valence-electron chi connectivity index (χ4n) is 1.86. The lowest BCUT2D eigenvalue weighted by molar-refractivity contribution is 0.0733. The molecule has 2 aromatic rings. The average molecular weight is 354 g/mol. The second kappa shape index (κ2) is 6.70. The Morgan fingerprint density at radius 3 is 2.22 bits per heavy atom. The number of aryl methyl sites for hydroxylation is 1. The molecule has 23 heavy (non-hydrogen) atoms. The van der Waals surface area contributed by atoms with E-state index in [-0.39, 0.29) is 10.5 Å². The van der Waals surface area contributed by atoms with Crippen molar-refractivity contribution >= 4 is 27.6 Å². The minimum absolute atomic E-state index is 0.113. The number of hydrogen-bond acceptors (Lipinski definition) is 4. The van der Waals surface area contributed by atoms with Gasteiger partial charge in [0.1, 0.15) is 5.75 Å². The highest BCUT2D eigenvalue weighted by Gasteiger charge is 2.18. The summed E-state index contributed by atoms with van der Waals surface area (Å²) in [6, 6.07) is 10.5. The maximum Gasteiger partial charge on any atom is 0.343 e. The summed E-state index contributed by atoms with van der Waals surface area (Å²) in [5.41, 5.74) is 0.995. The van der Waals surface area contributed by atoms with E-state index in [4.69, 9.17) is 16.3 Å². The lowest BCUT2D eigenvalue weighted by atomic mass is 10.2. The van der Waals surface area contributed by atoms with Crippen LogP contribution in [0.4, 0.5) is 0 Å². The molecule has 0 amide bonds. The molecule has 7 heteroatoms. The Morgan fingerprint density at radius 1 is 1.09 bits per heavy atom. The third-order valence-corrected chi connectivity index (χ3v) is 5.27. The maximum atomic E-state index is 12.1. The molecule has 0 atom stereocenters. The topological polar surface area (TPSA) is 63.7 Å². The zero-order chi connectivity index (χ0) is 17.2. The maximum absolute atomic E-state index is 12.1. The molecule has 0 N–H and O–H groups in total. The number of esters is 1. The summed E-state index contributed by atoms with van der Waals surface area (Å²) in [5.74, 6) is -0.159. The molecule has 0 spiro atoms. The molecule has 0 saturated heterocycles. The van der Waals surface area contributed by atoms with Crippen molar-refractivity contribution in [3.8, 4) is 5.75 Å². The van der Waals surface area contributed by atoms with E-state index in [1.165, 1.54) is 38.4 Å². The molecule has 0 aliphatic heterocycles. The van der Waals surface area contributed by atoms with Gasteiger partial charge in [0.15, 0.2) is 0 Å². The van der Waals surface area contributed by atoms with Crippen molar-refractivity contribution in [1.82, 2.24) is 4.31 Å². The number of hydrogen-bond donors (Lipinski definition) is 0. The molecule has 0 unspecified atom stereocenters. The molecule has 5 nitrogen and oxygen atoms in total. The lowest BCUT2D eigenvalue weighted by Crippen LogP contribution is -2.22. The molecular formula is C16H16ClNO4S. The summed E-state index contributed by atoms with van der Waals surface area (Å²) in [6.07, 6.45) is 0. The Balaban J connectivity index is 2.21. The molecule has 122 valence electrons. The van der Waals surface area contributed by atoms with Crippen LogP contribution in [0, 0.1) is 6.92 Å². The van der Waals surface area contributed by atoms with Gasteiger partial charge in [0, 0.05) is 19.1 Å². The molecule has 0 radical (unpaired) electrons. The highest BCUT2D eigenvalue weighted by atomic mass is 35.5. The van der Waals surface area contributed by atoms with Crippen molar-refractivity contribution in [2.75, 3.05) is 14.1 Å². The van der Waals surface area contributed by atoms with Crippen LogP contribution < -0.4 is 4.74 Å². The van der Waals surface area contributed by atoms with E-state index in [0.29, 0.717) is 10.8 Å². The summed E-state index contributed by atoms with van der Waals surface area (Å²) < 4.78 is 30.4. The SMILES string of the molecule is Cc1cc(Cl)ccc1OC(=O)c1ccc(S(=O)(=O)N(C)C)cc1. The van der Waals surface area contributed by atoms with Crippen LogP contribution in [-0.2, 0) is 10.0 Å². The first kappa shape index (κ1) is 17.5. The molecule has 0 aromatic heterocycles. The molecule has 0 saturated carbocycles. The second-order valence-electron chi connectivity index (χ2n) is 5.11. The third kappa shape index (κ3) is 3.90. The van der Waals surface area contributed by atoms with Crippen LogP contribution in [0.25, 0.3) is 0 Å². The van der Waals surface area contributed by atoms with E-state index in [1.54, 1.807) is 25.1 Å². The van der Waals surface area contributed by atoms with Crippen molar-refractivity contribution < 1.29 is 17.9 Å². The Morgan fingerprint density at radius 2 is 1.70 bits per heavy atom. The number of carbonyl (C=O) groups is 1. The first-order chi connectivity index (χ1) is 10.7. The van der Waals surface area contributed by atoms with Gasteiger partial charge in [-0.05, 0) is 55.0 Å². The van der Waals surface area contributed by atoms with Gasteiger partial charge in [0.05, 0.1) is 10.5 Å². The quantitative estimate of drug-likeness (QED) is 0.625. The van der Waals surface area contributed by atoms with Crippen LogP contribution in [-0.4, -0.2) is 32.8 Å². The van der Waals surface area contributed by atoms with E-state index < -0.39 is 16.0 Å². The number of sulfonamides is 1. The van der Waals surface area contributed by atoms with Crippen molar-refractivity contribution in [2.45, 2.75) is 11.8 Å². The first-order valence-corrected chi connectivity index (χ1v) is 8.54. The molecule has 0 fully saturated rings. The number of halogens is 1. The van der Waals surface area contributed by atoms with Gasteiger partial charge in [0.25, 0.3) is 0 Å². The fraction of sp³-hybridized carbons (Fsp3) is 0.188. The van der Waals surface area contributed by atoms with E-state index in [2.05, 4.69) is 0 Å².